The third-order valence-corrected chi connectivity index (χ3v) is 4.09. The molecule has 1 aliphatic heterocycles. The van der Waals surface area contributed by atoms with Crippen LogP contribution in [-0.2, 0) is 11.3 Å². The summed E-state index contributed by atoms with van der Waals surface area (Å²) in [6, 6.07) is 0.287. The second-order valence-corrected chi connectivity index (χ2v) is 5.99. The van der Waals surface area contributed by atoms with Gasteiger partial charge in [0.25, 0.3) is 0 Å². The molecule has 2 rings (SSSR count). The minimum Gasteiger partial charge on any atom is -0.357 e. The van der Waals surface area contributed by atoms with Crippen LogP contribution in [0, 0.1) is 0 Å². The predicted molar refractivity (Wildman–Crippen MR) is 93.6 cm³/mol. The Labute approximate surface area is 143 Å². The third kappa shape index (κ3) is 5.82. The van der Waals surface area contributed by atoms with Crippen LogP contribution in [0.4, 0.5) is 0 Å². The molecule has 1 aliphatic rings. The van der Waals surface area contributed by atoms with Crippen molar-refractivity contribution in [3.63, 3.8) is 0 Å². The zero-order valence-corrected chi connectivity index (χ0v) is 14.7. The van der Waals surface area contributed by atoms with Crippen molar-refractivity contribution in [3.8, 4) is 0 Å². The number of carbonyl (C=O) groups is 1. The van der Waals surface area contributed by atoms with Crippen LogP contribution in [0.25, 0.3) is 0 Å². The van der Waals surface area contributed by atoms with Gasteiger partial charge in [-0.1, -0.05) is 6.92 Å². The number of amides is 1. The van der Waals surface area contributed by atoms with Crippen molar-refractivity contribution in [1.82, 2.24) is 30.3 Å². The summed E-state index contributed by atoms with van der Waals surface area (Å²) < 4.78 is 1.98. The van der Waals surface area contributed by atoms with Crippen LogP contribution in [0.15, 0.2) is 17.6 Å². The fourth-order valence-corrected chi connectivity index (χ4v) is 2.78. The average molecular weight is 335 g/mol. The Morgan fingerprint density at radius 3 is 2.79 bits per heavy atom. The van der Waals surface area contributed by atoms with Crippen LogP contribution in [0.2, 0.25) is 0 Å². The maximum atomic E-state index is 11.8. The third-order valence-electron chi connectivity index (χ3n) is 4.09. The number of aliphatic imine (C=N–C) groups is 1. The first-order valence-corrected chi connectivity index (χ1v) is 8.88. The number of likely N-dealkylation sites (tertiary alicyclic amines) is 1. The Kier molecular flexibility index (Phi) is 7.51. The molecule has 1 aromatic heterocycles. The van der Waals surface area contributed by atoms with E-state index in [9.17, 15) is 4.79 Å². The molecule has 1 saturated heterocycles. The number of guanidine groups is 1. The topological polar surface area (TPSA) is 87.4 Å². The molecule has 1 fully saturated rings. The zero-order chi connectivity index (χ0) is 17.2. The van der Waals surface area contributed by atoms with Crippen molar-refractivity contribution in [2.75, 3.05) is 26.2 Å². The minimum atomic E-state index is 0.232. The number of unbranched alkanes of at least 4 members (excludes halogenated alkanes) is 1. The Morgan fingerprint density at radius 2 is 2.08 bits per heavy atom. The summed E-state index contributed by atoms with van der Waals surface area (Å²) in [5, 5.41) is 14.3. The van der Waals surface area contributed by atoms with E-state index in [1.165, 1.54) is 0 Å². The highest BCUT2D eigenvalue weighted by atomic mass is 16.2. The van der Waals surface area contributed by atoms with Crippen molar-refractivity contribution < 1.29 is 4.79 Å². The molecule has 24 heavy (non-hydrogen) atoms. The fraction of sp³-hybridized carbons (Fsp3) is 0.750. The molecule has 8 nitrogen and oxygen atoms in total. The summed E-state index contributed by atoms with van der Waals surface area (Å²) in [6.45, 7) is 8.11. The second kappa shape index (κ2) is 9.89. The quantitative estimate of drug-likeness (QED) is 0.413. The van der Waals surface area contributed by atoms with Gasteiger partial charge in [-0.15, -0.1) is 10.2 Å². The molecule has 0 spiro atoms. The number of nitrogens with one attached hydrogen (secondary N) is 2. The van der Waals surface area contributed by atoms with Gasteiger partial charge in [-0.25, -0.2) is 0 Å². The van der Waals surface area contributed by atoms with E-state index in [0.717, 1.165) is 57.9 Å². The molecule has 0 bridgehead atoms. The summed E-state index contributed by atoms with van der Waals surface area (Å²) in [4.78, 5) is 18.3. The van der Waals surface area contributed by atoms with Crippen LogP contribution in [-0.4, -0.2) is 63.8 Å². The SMILES string of the molecule is CCNC(=NCCCCn1cnnc1)NC1CCN(C(=O)CC)C1. The lowest BCUT2D eigenvalue weighted by atomic mass is 10.3. The molecule has 1 atom stereocenters. The number of aryl methyl sites for hydroxylation is 1. The van der Waals surface area contributed by atoms with Crippen LogP contribution >= 0.6 is 0 Å². The van der Waals surface area contributed by atoms with Crippen LogP contribution < -0.4 is 10.6 Å². The normalized spacial score (nSPS) is 18.0. The number of hydrogen-bond acceptors (Lipinski definition) is 4. The first kappa shape index (κ1) is 18.2. The smallest absolute Gasteiger partial charge is 0.222 e. The average Bonchev–Trinajstić information content (AvgIpc) is 3.25. The van der Waals surface area contributed by atoms with Crippen LogP contribution in [0.3, 0.4) is 0 Å². The molecular weight excluding hydrogens is 306 g/mol. The van der Waals surface area contributed by atoms with E-state index < -0.39 is 0 Å². The van der Waals surface area contributed by atoms with Gasteiger partial charge >= 0.3 is 0 Å². The molecule has 0 saturated carbocycles. The fourth-order valence-electron chi connectivity index (χ4n) is 2.78. The first-order chi connectivity index (χ1) is 11.7. The van der Waals surface area contributed by atoms with Crippen molar-refractivity contribution in [3.05, 3.63) is 12.7 Å². The van der Waals surface area contributed by atoms with Crippen molar-refractivity contribution in [2.24, 2.45) is 4.99 Å². The lowest BCUT2D eigenvalue weighted by Gasteiger charge is -2.18. The first-order valence-electron chi connectivity index (χ1n) is 8.88. The summed E-state index contributed by atoms with van der Waals surface area (Å²) in [5.74, 6) is 1.08. The van der Waals surface area contributed by atoms with Crippen LogP contribution in [0.5, 0.6) is 0 Å². The van der Waals surface area contributed by atoms with E-state index in [2.05, 4.69) is 32.7 Å². The monoisotopic (exact) mass is 335 g/mol. The maximum absolute atomic E-state index is 11.8. The summed E-state index contributed by atoms with van der Waals surface area (Å²) in [6.07, 6.45) is 7.08. The van der Waals surface area contributed by atoms with E-state index in [0.29, 0.717) is 6.42 Å². The molecule has 1 aromatic rings. The number of carbonyl (C=O) groups excluding carboxylic acids is 1. The number of nitrogens with zero attached hydrogens (tertiary/aromatic N) is 5. The highest BCUT2D eigenvalue weighted by Crippen LogP contribution is 2.10. The highest BCUT2D eigenvalue weighted by Gasteiger charge is 2.25. The van der Waals surface area contributed by atoms with Crippen LogP contribution in [0.1, 0.15) is 39.5 Å². The van der Waals surface area contributed by atoms with Gasteiger partial charge in [-0.2, -0.15) is 0 Å². The van der Waals surface area contributed by atoms with E-state index in [4.69, 9.17) is 0 Å². The van der Waals surface area contributed by atoms with Gasteiger partial charge in [-0.3, -0.25) is 9.79 Å². The standard InChI is InChI=1S/C16H29N7O/c1-3-15(24)23-10-7-14(11-23)21-16(17-4-2)18-8-5-6-9-22-12-19-20-13-22/h12-14H,3-11H2,1-2H3,(H2,17,18,21). The zero-order valence-electron chi connectivity index (χ0n) is 14.7. The van der Waals surface area contributed by atoms with Gasteiger partial charge in [0, 0.05) is 45.2 Å². The lowest BCUT2D eigenvalue weighted by Crippen LogP contribution is -2.45. The lowest BCUT2D eigenvalue weighted by molar-refractivity contribution is -0.129. The molecule has 0 aliphatic carbocycles. The molecule has 1 amide bonds. The number of hydrogen-bond donors (Lipinski definition) is 2. The molecular formula is C16H29N7O. The second-order valence-electron chi connectivity index (χ2n) is 5.99. The van der Waals surface area contributed by atoms with Crippen molar-refractivity contribution in [1.29, 1.82) is 0 Å². The van der Waals surface area contributed by atoms with Crippen molar-refractivity contribution >= 4 is 11.9 Å². The molecule has 2 heterocycles. The van der Waals surface area contributed by atoms with E-state index in [1.54, 1.807) is 12.7 Å². The van der Waals surface area contributed by atoms with Gasteiger partial charge in [0.2, 0.25) is 5.91 Å². The van der Waals surface area contributed by atoms with E-state index in [1.807, 2.05) is 16.4 Å². The molecule has 0 radical (unpaired) electrons. The largest absolute Gasteiger partial charge is 0.357 e. The summed E-state index contributed by atoms with van der Waals surface area (Å²) in [7, 11) is 0. The molecule has 2 N–H and O–H groups in total. The van der Waals surface area contributed by atoms with Gasteiger partial charge in [0.15, 0.2) is 5.96 Å². The number of aromatic nitrogens is 3. The Morgan fingerprint density at radius 1 is 1.29 bits per heavy atom. The van der Waals surface area contributed by atoms with Crippen molar-refractivity contribution in [2.45, 2.75) is 52.1 Å². The minimum absolute atomic E-state index is 0.232. The summed E-state index contributed by atoms with van der Waals surface area (Å²) >= 11 is 0. The van der Waals surface area contributed by atoms with Gasteiger partial charge in [0.1, 0.15) is 12.7 Å². The van der Waals surface area contributed by atoms with Gasteiger partial charge < -0.3 is 20.1 Å². The molecule has 1 unspecified atom stereocenters. The van der Waals surface area contributed by atoms with E-state index in [-0.39, 0.29) is 11.9 Å². The maximum Gasteiger partial charge on any atom is 0.222 e. The molecule has 134 valence electrons. The Balaban J connectivity index is 1.71. The summed E-state index contributed by atoms with van der Waals surface area (Å²) in [5.41, 5.74) is 0. The number of rotatable bonds is 8. The van der Waals surface area contributed by atoms with Gasteiger partial charge in [0.05, 0.1) is 0 Å². The van der Waals surface area contributed by atoms with E-state index >= 15 is 0 Å². The molecule has 0 aromatic carbocycles. The predicted octanol–water partition coefficient (Wildman–Crippen LogP) is 0.624. The van der Waals surface area contributed by atoms with Gasteiger partial charge in [-0.05, 0) is 26.2 Å². The molecule has 8 heteroatoms. The Bertz CT molecular complexity index is 515. The highest BCUT2D eigenvalue weighted by molar-refractivity contribution is 5.80. The Hall–Kier alpha value is -2.12.